The Morgan fingerprint density at radius 3 is 1.76 bits per heavy atom. The van der Waals surface area contributed by atoms with Crippen LogP contribution in [0, 0.1) is 0 Å². The van der Waals surface area contributed by atoms with Crippen molar-refractivity contribution < 1.29 is 14.9 Å². The zero-order chi connectivity index (χ0) is 29.4. The van der Waals surface area contributed by atoms with Crippen LogP contribution in [0.25, 0.3) is 33.6 Å². The van der Waals surface area contributed by atoms with Gasteiger partial charge in [0.05, 0.1) is 58.8 Å². The number of nitrogens with zero attached hydrogens (tertiary/aromatic N) is 6. The lowest BCUT2D eigenvalue weighted by molar-refractivity contribution is -0.00409. The van der Waals surface area contributed by atoms with Gasteiger partial charge in [-0.15, -0.1) is 0 Å². The topological polar surface area (TPSA) is 120 Å². The van der Waals surface area contributed by atoms with E-state index in [1.807, 2.05) is 43.4 Å². The molecular formula is C30H31Cl2N7O3. The normalized spacial score (nSPS) is 16.2. The lowest BCUT2D eigenvalue weighted by atomic mass is 9.98. The van der Waals surface area contributed by atoms with Crippen LogP contribution in [0.2, 0.25) is 10.0 Å². The van der Waals surface area contributed by atoms with Crippen LogP contribution in [0.1, 0.15) is 11.4 Å². The summed E-state index contributed by atoms with van der Waals surface area (Å²) in [7, 11) is 3.38. The third kappa shape index (κ3) is 5.66. The number of ether oxygens (including phenoxy) is 1. The number of aliphatic hydroxyl groups is 2. The molecule has 0 spiro atoms. The highest BCUT2D eigenvalue weighted by molar-refractivity contribution is 6.39. The maximum Gasteiger partial charge on any atom is 0.237 e. The van der Waals surface area contributed by atoms with E-state index in [2.05, 4.69) is 25.1 Å². The number of rotatable bonds is 9. The second-order valence-corrected chi connectivity index (χ2v) is 11.3. The Morgan fingerprint density at radius 2 is 1.26 bits per heavy atom. The van der Waals surface area contributed by atoms with E-state index in [0.717, 1.165) is 22.4 Å². The first-order valence-electron chi connectivity index (χ1n) is 13.7. The number of halogens is 2. The molecule has 6 rings (SSSR count). The number of nitrogens with one attached hydrogen (secondary N) is 1. The monoisotopic (exact) mass is 607 g/mol. The summed E-state index contributed by atoms with van der Waals surface area (Å²) in [5.41, 5.74) is 5.64. The molecule has 0 bridgehead atoms. The quantitative estimate of drug-likeness (QED) is 0.258. The molecule has 0 aliphatic carbocycles. The second-order valence-electron chi connectivity index (χ2n) is 10.5. The number of hydrogen-bond donors (Lipinski definition) is 3. The molecule has 218 valence electrons. The summed E-state index contributed by atoms with van der Waals surface area (Å²) in [6.07, 6.45) is 2.84. The standard InChI is InChI=1S/C30H31Cl2N7O3/c1-33-29-25(15-38-11-17(40)12-38)34-9-23(36-29)21-7-3-5-19(27(21)31)20-6-4-8-22(28(20)32)24-10-35-26(30(37-24)42-2)16-39-13-18(41)14-39/h3-10,17-18,40-41H,11-16H2,1-2H3,(H,33,36). The van der Waals surface area contributed by atoms with Gasteiger partial charge in [0, 0.05) is 68.6 Å². The Balaban J connectivity index is 1.30. The van der Waals surface area contributed by atoms with Crippen molar-refractivity contribution >= 4 is 29.0 Å². The lowest BCUT2D eigenvalue weighted by Gasteiger charge is -2.35. The molecule has 2 fully saturated rings. The van der Waals surface area contributed by atoms with Crippen LogP contribution in [0.15, 0.2) is 48.8 Å². The fraction of sp³-hybridized carbons (Fsp3) is 0.333. The van der Waals surface area contributed by atoms with E-state index >= 15 is 0 Å². The van der Waals surface area contributed by atoms with E-state index in [1.54, 1.807) is 19.5 Å². The maximum atomic E-state index is 9.61. The van der Waals surface area contributed by atoms with Crippen LogP contribution in [0.3, 0.4) is 0 Å². The number of aliphatic hydroxyl groups excluding tert-OH is 2. The smallest absolute Gasteiger partial charge is 0.237 e. The first-order valence-corrected chi connectivity index (χ1v) is 14.4. The Hall–Kier alpha value is -3.38. The van der Waals surface area contributed by atoms with Crippen LogP contribution in [0.4, 0.5) is 5.82 Å². The largest absolute Gasteiger partial charge is 0.480 e. The highest BCUT2D eigenvalue weighted by atomic mass is 35.5. The summed E-state index contributed by atoms with van der Waals surface area (Å²) in [5.74, 6) is 1.08. The molecule has 12 heteroatoms. The number of β-amino-alcohol motifs (C(OH)–C–C–N with tert-alkyl or cyclic N) is 2. The summed E-state index contributed by atoms with van der Waals surface area (Å²) in [5, 5.41) is 23.3. The van der Waals surface area contributed by atoms with Gasteiger partial charge in [0.1, 0.15) is 11.5 Å². The van der Waals surface area contributed by atoms with Gasteiger partial charge in [-0.25, -0.2) is 9.97 Å². The molecule has 2 aliphatic rings. The van der Waals surface area contributed by atoms with Gasteiger partial charge in [0.2, 0.25) is 5.88 Å². The predicted molar refractivity (Wildman–Crippen MR) is 163 cm³/mol. The van der Waals surface area contributed by atoms with Crippen molar-refractivity contribution in [2.75, 3.05) is 45.7 Å². The summed E-state index contributed by atoms with van der Waals surface area (Å²) >= 11 is 14.0. The predicted octanol–water partition coefficient (Wildman–Crippen LogP) is 3.98. The first-order chi connectivity index (χ1) is 20.3. The molecule has 0 saturated carbocycles. The summed E-state index contributed by atoms with van der Waals surface area (Å²) in [6, 6.07) is 11.5. The van der Waals surface area contributed by atoms with E-state index in [4.69, 9.17) is 37.9 Å². The van der Waals surface area contributed by atoms with Gasteiger partial charge >= 0.3 is 0 Å². The average molecular weight is 609 g/mol. The van der Waals surface area contributed by atoms with Crippen molar-refractivity contribution in [1.82, 2.24) is 29.7 Å². The number of methoxy groups -OCH3 is 1. The molecule has 0 radical (unpaired) electrons. The number of benzene rings is 2. The van der Waals surface area contributed by atoms with Crippen LogP contribution in [0.5, 0.6) is 5.88 Å². The average Bonchev–Trinajstić information content (AvgIpc) is 2.96. The minimum atomic E-state index is -0.294. The van der Waals surface area contributed by atoms with Crippen LogP contribution < -0.4 is 10.1 Å². The van der Waals surface area contributed by atoms with Crippen molar-refractivity contribution in [2.24, 2.45) is 0 Å². The third-order valence-electron chi connectivity index (χ3n) is 7.55. The zero-order valence-electron chi connectivity index (χ0n) is 23.3. The molecule has 3 N–H and O–H groups in total. The van der Waals surface area contributed by atoms with Gasteiger partial charge < -0.3 is 20.3 Å². The molecule has 2 aromatic carbocycles. The minimum Gasteiger partial charge on any atom is -0.480 e. The molecule has 4 heterocycles. The Kier molecular flexibility index (Phi) is 8.26. The molecule has 42 heavy (non-hydrogen) atoms. The fourth-order valence-electron chi connectivity index (χ4n) is 5.30. The highest BCUT2D eigenvalue weighted by Crippen LogP contribution is 2.42. The van der Waals surface area contributed by atoms with Crippen molar-refractivity contribution in [3.8, 4) is 39.5 Å². The maximum absolute atomic E-state index is 9.61. The zero-order valence-corrected chi connectivity index (χ0v) is 24.8. The molecule has 2 aliphatic heterocycles. The molecule has 0 unspecified atom stereocenters. The molecule has 2 saturated heterocycles. The fourth-order valence-corrected chi connectivity index (χ4v) is 5.95. The van der Waals surface area contributed by atoms with Crippen molar-refractivity contribution in [1.29, 1.82) is 0 Å². The second kappa shape index (κ2) is 12.1. The third-order valence-corrected chi connectivity index (χ3v) is 8.37. The van der Waals surface area contributed by atoms with Crippen molar-refractivity contribution in [3.05, 3.63) is 70.2 Å². The van der Waals surface area contributed by atoms with E-state index in [9.17, 15) is 10.2 Å². The Labute approximate surface area is 253 Å². The van der Waals surface area contributed by atoms with Gasteiger partial charge in [-0.3, -0.25) is 19.8 Å². The molecule has 0 amide bonds. The molecule has 0 atom stereocenters. The number of aromatic nitrogens is 4. The minimum absolute atomic E-state index is 0.276. The van der Waals surface area contributed by atoms with E-state index in [1.165, 1.54) is 0 Å². The van der Waals surface area contributed by atoms with Gasteiger partial charge in [-0.1, -0.05) is 59.6 Å². The number of anilines is 1. The van der Waals surface area contributed by atoms with Gasteiger partial charge in [-0.2, -0.15) is 0 Å². The Morgan fingerprint density at radius 1 is 0.786 bits per heavy atom. The van der Waals surface area contributed by atoms with E-state index in [0.29, 0.717) is 83.7 Å². The van der Waals surface area contributed by atoms with Crippen LogP contribution in [-0.2, 0) is 13.1 Å². The first kappa shape index (κ1) is 28.7. The summed E-state index contributed by atoms with van der Waals surface area (Å²) in [4.78, 5) is 23.0. The van der Waals surface area contributed by atoms with E-state index < -0.39 is 0 Å². The SMILES string of the molecule is CNc1nc(-c2cccc(-c3cccc(-c4cnc(CN5CC(O)C5)c(OC)n4)c3Cl)c2Cl)cnc1CN1CC(O)C1. The van der Waals surface area contributed by atoms with E-state index in [-0.39, 0.29) is 12.2 Å². The number of likely N-dealkylation sites (tertiary alicyclic amines) is 2. The van der Waals surface area contributed by atoms with Crippen LogP contribution in [-0.4, -0.2) is 92.5 Å². The van der Waals surface area contributed by atoms with Gasteiger partial charge in [0.25, 0.3) is 0 Å². The highest BCUT2D eigenvalue weighted by Gasteiger charge is 2.27. The molecule has 2 aromatic heterocycles. The van der Waals surface area contributed by atoms with Gasteiger partial charge in [0.15, 0.2) is 0 Å². The summed E-state index contributed by atoms with van der Waals surface area (Å²) < 4.78 is 5.55. The van der Waals surface area contributed by atoms with Crippen molar-refractivity contribution in [3.63, 3.8) is 0 Å². The molecule has 4 aromatic rings. The number of hydrogen-bond acceptors (Lipinski definition) is 10. The van der Waals surface area contributed by atoms with Crippen molar-refractivity contribution in [2.45, 2.75) is 25.3 Å². The lowest BCUT2D eigenvalue weighted by Crippen LogP contribution is -2.50. The molecular weight excluding hydrogens is 577 g/mol. The summed E-state index contributed by atoms with van der Waals surface area (Å²) in [6.45, 7) is 3.63. The van der Waals surface area contributed by atoms with Crippen LogP contribution >= 0.6 is 23.2 Å². The Bertz CT molecular complexity index is 1490. The molecule has 10 nitrogen and oxygen atoms in total. The van der Waals surface area contributed by atoms with Gasteiger partial charge in [-0.05, 0) is 0 Å².